The third-order valence-electron chi connectivity index (χ3n) is 2.32. The monoisotopic (exact) mass is 242 g/mol. The molecule has 0 aromatic carbocycles. The van der Waals surface area contributed by atoms with Gasteiger partial charge in [0.15, 0.2) is 0 Å². The fourth-order valence-corrected chi connectivity index (χ4v) is 2.19. The maximum atomic E-state index is 11.6. The number of nitrogen functional groups attached to an aromatic ring is 1. The Morgan fingerprint density at radius 2 is 2.38 bits per heavy atom. The van der Waals surface area contributed by atoms with E-state index in [2.05, 4.69) is 14.9 Å². The van der Waals surface area contributed by atoms with Gasteiger partial charge in [0.05, 0.1) is 13.0 Å². The molecule has 1 fully saturated rings. The SMILES string of the molecule is COC(=O)C1CC(=O)N(c2nnc(N)s2)C1. The molecule has 1 atom stereocenters. The third-order valence-corrected chi connectivity index (χ3v) is 3.10. The van der Waals surface area contributed by atoms with E-state index in [0.29, 0.717) is 10.3 Å². The average Bonchev–Trinajstić information content (AvgIpc) is 2.83. The van der Waals surface area contributed by atoms with Gasteiger partial charge >= 0.3 is 5.97 Å². The van der Waals surface area contributed by atoms with E-state index in [1.165, 1.54) is 12.0 Å². The van der Waals surface area contributed by atoms with Crippen LogP contribution in [0.2, 0.25) is 0 Å². The van der Waals surface area contributed by atoms with Gasteiger partial charge in [0.1, 0.15) is 0 Å². The first-order valence-corrected chi connectivity index (χ1v) is 5.40. The number of hydrogen-bond acceptors (Lipinski definition) is 7. The average molecular weight is 242 g/mol. The summed E-state index contributed by atoms with van der Waals surface area (Å²) in [5.41, 5.74) is 5.43. The number of aromatic nitrogens is 2. The standard InChI is InChI=1S/C8H10N4O3S/c1-15-6(14)4-2-5(13)12(3-4)8-11-10-7(9)16-8/h4H,2-3H2,1H3,(H2,9,10). The van der Waals surface area contributed by atoms with Crippen LogP contribution in [0.4, 0.5) is 10.3 Å². The van der Waals surface area contributed by atoms with E-state index < -0.39 is 5.92 Å². The van der Waals surface area contributed by atoms with Gasteiger partial charge < -0.3 is 10.5 Å². The maximum Gasteiger partial charge on any atom is 0.311 e. The molecular formula is C8H10N4O3S. The van der Waals surface area contributed by atoms with Gasteiger partial charge in [-0.1, -0.05) is 11.3 Å². The fourth-order valence-electron chi connectivity index (χ4n) is 1.55. The Hall–Kier alpha value is -1.70. The first-order chi connectivity index (χ1) is 7.61. The number of carbonyl (C=O) groups excluding carboxylic acids is 2. The lowest BCUT2D eigenvalue weighted by Gasteiger charge is -2.10. The summed E-state index contributed by atoms with van der Waals surface area (Å²) in [4.78, 5) is 24.3. The van der Waals surface area contributed by atoms with Crippen molar-refractivity contribution < 1.29 is 14.3 Å². The largest absolute Gasteiger partial charge is 0.469 e. The molecule has 0 aliphatic carbocycles. The Balaban J connectivity index is 2.14. The number of carbonyl (C=O) groups is 2. The zero-order chi connectivity index (χ0) is 11.7. The minimum atomic E-state index is -0.428. The molecule has 1 aromatic rings. The Morgan fingerprint density at radius 1 is 1.62 bits per heavy atom. The lowest BCUT2D eigenvalue weighted by molar-refractivity contribution is -0.145. The minimum absolute atomic E-state index is 0.145. The molecule has 1 aliphatic rings. The van der Waals surface area contributed by atoms with Crippen molar-refractivity contribution in [1.82, 2.24) is 10.2 Å². The highest BCUT2D eigenvalue weighted by atomic mass is 32.1. The van der Waals surface area contributed by atoms with Crippen LogP contribution in [-0.2, 0) is 14.3 Å². The first kappa shape index (κ1) is 10.8. The number of nitrogens with zero attached hydrogens (tertiary/aromatic N) is 3. The zero-order valence-electron chi connectivity index (χ0n) is 8.54. The number of nitrogens with two attached hydrogens (primary N) is 1. The predicted octanol–water partition coefficient (Wildman–Crippen LogP) is -0.354. The molecule has 16 heavy (non-hydrogen) atoms. The molecule has 1 unspecified atom stereocenters. The fraction of sp³-hybridized carbons (Fsp3) is 0.500. The lowest BCUT2D eigenvalue weighted by atomic mass is 10.1. The highest BCUT2D eigenvalue weighted by Crippen LogP contribution is 2.28. The molecule has 2 rings (SSSR count). The molecule has 0 radical (unpaired) electrons. The summed E-state index contributed by atoms with van der Waals surface area (Å²) in [6, 6.07) is 0. The molecule has 0 bridgehead atoms. The normalized spacial score (nSPS) is 20.2. The quantitative estimate of drug-likeness (QED) is 0.711. The smallest absolute Gasteiger partial charge is 0.311 e. The second kappa shape index (κ2) is 4.05. The summed E-state index contributed by atoms with van der Waals surface area (Å²) in [6.07, 6.45) is 0.145. The van der Waals surface area contributed by atoms with Crippen molar-refractivity contribution in [2.24, 2.45) is 5.92 Å². The summed E-state index contributed by atoms with van der Waals surface area (Å²) in [5, 5.41) is 8.11. The van der Waals surface area contributed by atoms with E-state index in [-0.39, 0.29) is 24.8 Å². The third kappa shape index (κ3) is 1.83. The van der Waals surface area contributed by atoms with E-state index in [1.807, 2.05) is 0 Å². The predicted molar refractivity (Wildman–Crippen MR) is 56.8 cm³/mol. The van der Waals surface area contributed by atoms with Gasteiger partial charge in [0.2, 0.25) is 16.2 Å². The molecule has 1 saturated heterocycles. The molecule has 0 saturated carbocycles. The van der Waals surface area contributed by atoms with Gasteiger partial charge in [-0.15, -0.1) is 10.2 Å². The number of rotatable bonds is 2. The molecule has 86 valence electrons. The Labute approximate surface area is 95.2 Å². The van der Waals surface area contributed by atoms with E-state index in [0.717, 1.165) is 11.3 Å². The van der Waals surface area contributed by atoms with Gasteiger partial charge in [-0.25, -0.2) is 0 Å². The van der Waals surface area contributed by atoms with Crippen LogP contribution in [0, 0.1) is 5.92 Å². The molecule has 8 heteroatoms. The van der Waals surface area contributed by atoms with Crippen LogP contribution < -0.4 is 10.6 Å². The van der Waals surface area contributed by atoms with Gasteiger partial charge in [-0.05, 0) is 0 Å². The number of ether oxygens (including phenoxy) is 1. The summed E-state index contributed by atoms with van der Waals surface area (Å²) in [6.45, 7) is 0.278. The number of methoxy groups -OCH3 is 1. The highest BCUT2D eigenvalue weighted by molar-refractivity contribution is 7.19. The highest BCUT2D eigenvalue weighted by Gasteiger charge is 2.37. The van der Waals surface area contributed by atoms with Gasteiger partial charge in [0.25, 0.3) is 0 Å². The van der Waals surface area contributed by atoms with E-state index in [9.17, 15) is 9.59 Å². The molecule has 2 heterocycles. The Bertz CT molecular complexity index is 433. The summed E-state index contributed by atoms with van der Waals surface area (Å²) in [5.74, 6) is -0.970. The van der Waals surface area contributed by atoms with Crippen LogP contribution in [0.5, 0.6) is 0 Å². The molecule has 1 amide bonds. The Kier molecular flexibility index (Phi) is 2.73. The van der Waals surface area contributed by atoms with Crippen molar-refractivity contribution >= 4 is 33.5 Å². The van der Waals surface area contributed by atoms with Crippen LogP contribution >= 0.6 is 11.3 Å². The Morgan fingerprint density at radius 3 is 2.94 bits per heavy atom. The topological polar surface area (TPSA) is 98.4 Å². The van der Waals surface area contributed by atoms with Crippen molar-refractivity contribution in [3.05, 3.63) is 0 Å². The molecule has 0 spiro atoms. The second-order valence-corrected chi connectivity index (χ2v) is 4.34. The van der Waals surface area contributed by atoms with Crippen LogP contribution in [0.15, 0.2) is 0 Å². The molecule has 7 nitrogen and oxygen atoms in total. The number of hydrogen-bond donors (Lipinski definition) is 1. The maximum absolute atomic E-state index is 11.6. The number of anilines is 2. The van der Waals surface area contributed by atoms with Crippen LogP contribution in [0.1, 0.15) is 6.42 Å². The summed E-state index contributed by atoms with van der Waals surface area (Å²) >= 11 is 1.12. The van der Waals surface area contributed by atoms with Crippen molar-refractivity contribution in [1.29, 1.82) is 0 Å². The lowest BCUT2D eigenvalue weighted by Crippen LogP contribution is -2.26. The summed E-state index contributed by atoms with van der Waals surface area (Å²) in [7, 11) is 1.30. The number of esters is 1. The second-order valence-electron chi connectivity index (χ2n) is 3.35. The van der Waals surface area contributed by atoms with Crippen LogP contribution in [-0.4, -0.2) is 35.7 Å². The van der Waals surface area contributed by atoms with Gasteiger partial charge in [-0.2, -0.15) is 0 Å². The first-order valence-electron chi connectivity index (χ1n) is 4.59. The van der Waals surface area contributed by atoms with E-state index >= 15 is 0 Å². The molecule has 2 N–H and O–H groups in total. The van der Waals surface area contributed by atoms with Crippen LogP contribution in [0.3, 0.4) is 0 Å². The molecular weight excluding hydrogens is 232 g/mol. The van der Waals surface area contributed by atoms with Crippen molar-refractivity contribution in [3.8, 4) is 0 Å². The van der Waals surface area contributed by atoms with Gasteiger partial charge in [-0.3, -0.25) is 14.5 Å². The number of amides is 1. The zero-order valence-corrected chi connectivity index (χ0v) is 9.36. The van der Waals surface area contributed by atoms with Crippen LogP contribution in [0.25, 0.3) is 0 Å². The van der Waals surface area contributed by atoms with Crippen molar-refractivity contribution in [2.75, 3.05) is 24.3 Å². The minimum Gasteiger partial charge on any atom is -0.469 e. The van der Waals surface area contributed by atoms with Crippen molar-refractivity contribution in [3.63, 3.8) is 0 Å². The van der Waals surface area contributed by atoms with E-state index in [1.54, 1.807) is 0 Å². The molecule has 1 aromatic heterocycles. The summed E-state index contributed by atoms with van der Waals surface area (Å²) < 4.78 is 4.60. The van der Waals surface area contributed by atoms with Crippen molar-refractivity contribution in [2.45, 2.75) is 6.42 Å². The van der Waals surface area contributed by atoms with E-state index in [4.69, 9.17) is 5.73 Å². The molecule has 1 aliphatic heterocycles. The van der Waals surface area contributed by atoms with Gasteiger partial charge in [0, 0.05) is 13.0 Å².